The number of benzene rings is 1. The van der Waals surface area contributed by atoms with Gasteiger partial charge in [0.15, 0.2) is 0 Å². The molecule has 1 aromatic carbocycles. The molecule has 0 spiro atoms. The summed E-state index contributed by atoms with van der Waals surface area (Å²) in [6.07, 6.45) is 3.93. The fourth-order valence-corrected chi connectivity index (χ4v) is 2.98. The van der Waals surface area contributed by atoms with E-state index in [1.807, 2.05) is 30.3 Å². The molecule has 0 bridgehead atoms. The van der Waals surface area contributed by atoms with Crippen LogP contribution < -0.4 is 15.5 Å². The lowest BCUT2D eigenvalue weighted by atomic mass is 10.1. The average molecular weight is 353 g/mol. The second-order valence-corrected chi connectivity index (χ2v) is 6.81. The van der Waals surface area contributed by atoms with Crippen LogP contribution >= 0.6 is 0 Å². The lowest BCUT2D eigenvalue weighted by Crippen LogP contribution is -2.44. The number of aromatic nitrogens is 2. The molecular formula is C19H23N5O2. The van der Waals surface area contributed by atoms with Gasteiger partial charge in [-0.05, 0) is 38.0 Å². The Morgan fingerprint density at radius 3 is 2.77 bits per heavy atom. The molecule has 1 aliphatic heterocycles. The molecule has 0 radical (unpaired) electrons. The molecule has 26 heavy (non-hydrogen) atoms. The van der Waals surface area contributed by atoms with Gasteiger partial charge in [-0.1, -0.05) is 12.1 Å². The number of ether oxygens (including phenoxy) is 1. The van der Waals surface area contributed by atoms with Crippen LogP contribution in [0.1, 0.15) is 19.8 Å². The van der Waals surface area contributed by atoms with Gasteiger partial charge in [-0.3, -0.25) is 0 Å². The highest BCUT2D eigenvalue weighted by Crippen LogP contribution is 2.23. The van der Waals surface area contributed by atoms with Crippen LogP contribution in [0.25, 0.3) is 11.3 Å². The van der Waals surface area contributed by atoms with E-state index in [9.17, 15) is 4.79 Å². The van der Waals surface area contributed by atoms with E-state index in [0.29, 0.717) is 19.3 Å². The second-order valence-electron chi connectivity index (χ2n) is 6.81. The molecule has 7 nitrogen and oxygen atoms in total. The van der Waals surface area contributed by atoms with Gasteiger partial charge in [0, 0.05) is 30.0 Å². The quantitative estimate of drug-likeness (QED) is 0.883. The smallest absolute Gasteiger partial charge is 0.319 e. The number of morpholine rings is 1. The molecule has 2 aromatic rings. The first-order valence-electron chi connectivity index (χ1n) is 9.04. The number of amides is 2. The van der Waals surface area contributed by atoms with Gasteiger partial charge < -0.3 is 20.3 Å². The number of rotatable bonds is 4. The van der Waals surface area contributed by atoms with Crippen molar-refractivity contribution in [2.45, 2.75) is 31.8 Å². The second kappa shape index (κ2) is 7.29. The molecular weight excluding hydrogens is 330 g/mol. The van der Waals surface area contributed by atoms with Crippen LogP contribution in [0.5, 0.6) is 0 Å². The average Bonchev–Trinajstić information content (AvgIpc) is 3.47. The topological polar surface area (TPSA) is 79.4 Å². The molecule has 136 valence electrons. The van der Waals surface area contributed by atoms with Crippen LogP contribution in [0, 0.1) is 0 Å². The third-order valence-corrected chi connectivity index (χ3v) is 4.62. The number of hydrogen-bond donors (Lipinski definition) is 2. The highest BCUT2D eigenvalue weighted by molar-refractivity contribution is 5.89. The number of nitrogens with one attached hydrogen (secondary N) is 2. The molecule has 1 saturated carbocycles. The first-order chi connectivity index (χ1) is 12.7. The number of carbonyl (C=O) groups excluding carboxylic acids is 1. The summed E-state index contributed by atoms with van der Waals surface area (Å²) >= 11 is 0. The standard InChI is InChI=1S/C19H23N5O2/c1-13-12-26-11-10-24(13)18-20-9-8-17(23-18)14-2-4-15(5-3-14)21-19(25)22-16-6-7-16/h2-5,8-9,13,16H,6-7,10-12H2,1H3,(H2,21,22,25). The maximum Gasteiger partial charge on any atom is 0.319 e. The van der Waals surface area contributed by atoms with E-state index in [1.54, 1.807) is 6.20 Å². The number of nitrogens with zero attached hydrogens (tertiary/aromatic N) is 3. The van der Waals surface area contributed by atoms with Crippen molar-refractivity contribution in [1.82, 2.24) is 15.3 Å². The molecule has 2 fully saturated rings. The number of anilines is 2. The highest BCUT2D eigenvalue weighted by atomic mass is 16.5. The summed E-state index contributed by atoms with van der Waals surface area (Å²) < 4.78 is 5.48. The molecule has 2 amide bonds. The fourth-order valence-electron chi connectivity index (χ4n) is 2.98. The van der Waals surface area contributed by atoms with Gasteiger partial charge >= 0.3 is 6.03 Å². The predicted octanol–water partition coefficient (Wildman–Crippen LogP) is 2.65. The summed E-state index contributed by atoms with van der Waals surface area (Å²) in [5.74, 6) is 0.726. The minimum absolute atomic E-state index is 0.147. The molecule has 1 saturated heterocycles. The van der Waals surface area contributed by atoms with Crippen LogP contribution in [-0.4, -0.2) is 47.8 Å². The third kappa shape index (κ3) is 3.94. The predicted molar refractivity (Wildman–Crippen MR) is 100 cm³/mol. The zero-order valence-corrected chi connectivity index (χ0v) is 14.8. The van der Waals surface area contributed by atoms with Gasteiger partial charge in [-0.15, -0.1) is 0 Å². The van der Waals surface area contributed by atoms with Crippen LogP contribution in [-0.2, 0) is 4.74 Å². The molecule has 1 atom stereocenters. The summed E-state index contributed by atoms with van der Waals surface area (Å²) in [4.78, 5) is 23.1. The maximum absolute atomic E-state index is 11.8. The molecule has 4 rings (SSSR count). The van der Waals surface area contributed by atoms with Crippen molar-refractivity contribution in [3.8, 4) is 11.3 Å². The van der Waals surface area contributed by atoms with Gasteiger partial charge in [-0.2, -0.15) is 0 Å². The normalized spacial score (nSPS) is 19.9. The summed E-state index contributed by atoms with van der Waals surface area (Å²) in [6.45, 7) is 4.30. The Bertz CT molecular complexity index is 776. The first-order valence-corrected chi connectivity index (χ1v) is 9.04. The molecule has 2 N–H and O–H groups in total. The summed E-state index contributed by atoms with van der Waals surface area (Å²) in [5.41, 5.74) is 2.62. The summed E-state index contributed by atoms with van der Waals surface area (Å²) in [5, 5.41) is 5.77. The molecule has 7 heteroatoms. The van der Waals surface area contributed by atoms with E-state index in [0.717, 1.165) is 42.3 Å². The Hall–Kier alpha value is -2.67. The first kappa shape index (κ1) is 16.8. The highest BCUT2D eigenvalue weighted by Gasteiger charge is 2.23. The van der Waals surface area contributed by atoms with Gasteiger partial charge in [0.05, 0.1) is 24.9 Å². The summed E-state index contributed by atoms with van der Waals surface area (Å²) in [7, 11) is 0. The van der Waals surface area contributed by atoms with Crippen molar-refractivity contribution in [1.29, 1.82) is 0 Å². The van der Waals surface area contributed by atoms with E-state index in [-0.39, 0.29) is 12.1 Å². The molecule has 1 aliphatic carbocycles. The monoisotopic (exact) mass is 353 g/mol. The van der Waals surface area contributed by atoms with Crippen LogP contribution in [0.15, 0.2) is 36.5 Å². The van der Waals surface area contributed by atoms with Crippen molar-refractivity contribution >= 4 is 17.7 Å². The maximum atomic E-state index is 11.8. The zero-order chi connectivity index (χ0) is 17.9. The molecule has 2 heterocycles. The van der Waals surface area contributed by atoms with E-state index < -0.39 is 0 Å². The van der Waals surface area contributed by atoms with Gasteiger partial charge in [0.1, 0.15) is 0 Å². The minimum atomic E-state index is -0.147. The Kier molecular flexibility index (Phi) is 4.71. The van der Waals surface area contributed by atoms with Crippen LogP contribution in [0.2, 0.25) is 0 Å². The van der Waals surface area contributed by atoms with E-state index in [1.165, 1.54) is 0 Å². The summed E-state index contributed by atoms with van der Waals surface area (Å²) in [6, 6.07) is 10.1. The van der Waals surface area contributed by atoms with Crippen molar-refractivity contribution in [3.05, 3.63) is 36.5 Å². The Morgan fingerprint density at radius 2 is 2.04 bits per heavy atom. The lowest BCUT2D eigenvalue weighted by Gasteiger charge is -2.33. The van der Waals surface area contributed by atoms with Crippen molar-refractivity contribution < 1.29 is 9.53 Å². The number of urea groups is 1. The van der Waals surface area contributed by atoms with Crippen molar-refractivity contribution in [2.24, 2.45) is 0 Å². The lowest BCUT2D eigenvalue weighted by molar-refractivity contribution is 0.0981. The van der Waals surface area contributed by atoms with E-state index in [4.69, 9.17) is 9.72 Å². The Labute approximate surface area is 152 Å². The molecule has 1 unspecified atom stereocenters. The molecule has 2 aliphatic rings. The zero-order valence-electron chi connectivity index (χ0n) is 14.8. The fraction of sp³-hybridized carbons (Fsp3) is 0.421. The van der Waals surface area contributed by atoms with Crippen molar-refractivity contribution in [2.75, 3.05) is 30.0 Å². The Balaban J connectivity index is 1.46. The van der Waals surface area contributed by atoms with Gasteiger partial charge in [-0.25, -0.2) is 14.8 Å². The number of carbonyl (C=O) groups is 1. The van der Waals surface area contributed by atoms with Gasteiger partial charge in [0.2, 0.25) is 5.95 Å². The van der Waals surface area contributed by atoms with E-state index in [2.05, 4.69) is 27.4 Å². The minimum Gasteiger partial charge on any atom is -0.377 e. The van der Waals surface area contributed by atoms with Crippen LogP contribution in [0.4, 0.5) is 16.4 Å². The third-order valence-electron chi connectivity index (χ3n) is 4.62. The molecule has 1 aromatic heterocycles. The van der Waals surface area contributed by atoms with E-state index >= 15 is 0 Å². The van der Waals surface area contributed by atoms with Crippen molar-refractivity contribution in [3.63, 3.8) is 0 Å². The van der Waals surface area contributed by atoms with Crippen LogP contribution in [0.3, 0.4) is 0 Å². The Morgan fingerprint density at radius 1 is 1.23 bits per heavy atom. The SMILES string of the molecule is CC1COCCN1c1nccc(-c2ccc(NC(=O)NC3CC3)cc2)n1. The van der Waals surface area contributed by atoms with Gasteiger partial charge in [0.25, 0.3) is 0 Å². The largest absolute Gasteiger partial charge is 0.377 e. The number of hydrogen-bond acceptors (Lipinski definition) is 5.